The van der Waals surface area contributed by atoms with Crippen molar-refractivity contribution in [3.63, 3.8) is 0 Å². The molecule has 0 amide bonds. The summed E-state index contributed by atoms with van der Waals surface area (Å²) >= 11 is 0. The summed E-state index contributed by atoms with van der Waals surface area (Å²) < 4.78 is 40.4. The van der Waals surface area contributed by atoms with Gasteiger partial charge in [0.25, 0.3) is 0 Å². The average Bonchev–Trinajstić information content (AvgIpc) is 2.41. The van der Waals surface area contributed by atoms with Gasteiger partial charge in [0, 0.05) is 12.6 Å². The molecule has 0 aliphatic carbocycles. The summed E-state index contributed by atoms with van der Waals surface area (Å²) in [5, 5.41) is 3.42. The second kappa shape index (κ2) is 8.97. The predicted octanol–water partition coefficient (Wildman–Crippen LogP) is 4.09. The highest BCUT2D eigenvalue weighted by Gasteiger charge is 2.27. The molecule has 1 atom stereocenters. The van der Waals surface area contributed by atoms with Crippen LogP contribution in [0.15, 0.2) is 30.3 Å². The van der Waals surface area contributed by atoms with Crippen LogP contribution in [0.2, 0.25) is 0 Å². The zero-order chi connectivity index (χ0) is 14.8. The minimum absolute atomic E-state index is 0.136. The normalized spacial score (nSPS) is 13.4. The molecule has 0 aromatic heterocycles. The summed E-state index contributed by atoms with van der Waals surface area (Å²) in [5.74, 6) is 0. The Hall–Kier alpha value is -1.07. The molecule has 114 valence electrons. The molecule has 0 radical (unpaired) electrons. The van der Waals surface area contributed by atoms with Crippen molar-refractivity contribution < 1.29 is 17.9 Å². The van der Waals surface area contributed by atoms with Crippen LogP contribution in [0.25, 0.3) is 0 Å². The first-order chi connectivity index (χ1) is 9.53. The third-order valence-corrected chi connectivity index (χ3v) is 2.89. The van der Waals surface area contributed by atoms with Gasteiger partial charge in [0.05, 0.1) is 0 Å². The van der Waals surface area contributed by atoms with Gasteiger partial charge in [-0.25, -0.2) is 0 Å². The Morgan fingerprint density at radius 1 is 1.20 bits per heavy atom. The molecule has 0 bridgehead atoms. The Morgan fingerprint density at radius 2 is 1.90 bits per heavy atom. The Labute approximate surface area is 118 Å². The number of benzene rings is 1. The molecule has 1 aromatic rings. The molecule has 0 saturated carbocycles. The monoisotopic (exact) mass is 289 g/mol. The number of halogens is 3. The van der Waals surface area contributed by atoms with Crippen molar-refractivity contribution in [1.82, 2.24) is 5.32 Å². The molecular weight excluding hydrogens is 267 g/mol. The van der Waals surface area contributed by atoms with Gasteiger partial charge in [-0.1, -0.05) is 37.3 Å². The van der Waals surface area contributed by atoms with Gasteiger partial charge in [0.15, 0.2) is 0 Å². The van der Waals surface area contributed by atoms with Crippen LogP contribution in [0, 0.1) is 0 Å². The smallest absolute Gasteiger partial charge is 0.372 e. The van der Waals surface area contributed by atoms with Crippen LogP contribution in [0.5, 0.6) is 0 Å². The van der Waals surface area contributed by atoms with Crippen LogP contribution < -0.4 is 5.32 Å². The van der Waals surface area contributed by atoms with E-state index in [9.17, 15) is 13.2 Å². The maximum absolute atomic E-state index is 11.9. The van der Waals surface area contributed by atoms with Crippen molar-refractivity contribution in [3.8, 4) is 0 Å². The molecule has 0 aliphatic rings. The highest BCUT2D eigenvalue weighted by Crippen LogP contribution is 2.19. The van der Waals surface area contributed by atoms with Crippen molar-refractivity contribution in [3.05, 3.63) is 35.9 Å². The van der Waals surface area contributed by atoms with E-state index in [0.29, 0.717) is 6.42 Å². The van der Waals surface area contributed by atoms with Gasteiger partial charge < -0.3 is 10.1 Å². The van der Waals surface area contributed by atoms with Crippen molar-refractivity contribution in [1.29, 1.82) is 0 Å². The van der Waals surface area contributed by atoms with E-state index in [-0.39, 0.29) is 12.6 Å². The number of rotatable bonds is 9. The molecule has 0 saturated heterocycles. The van der Waals surface area contributed by atoms with E-state index in [2.05, 4.69) is 17.0 Å². The molecule has 1 aromatic carbocycles. The highest BCUT2D eigenvalue weighted by molar-refractivity contribution is 5.18. The van der Waals surface area contributed by atoms with Crippen LogP contribution in [0.3, 0.4) is 0 Å². The Balaban J connectivity index is 2.34. The predicted molar refractivity (Wildman–Crippen MR) is 73.6 cm³/mol. The Bertz CT molecular complexity index is 354. The summed E-state index contributed by atoms with van der Waals surface area (Å²) in [7, 11) is 0. The topological polar surface area (TPSA) is 21.3 Å². The Kier molecular flexibility index (Phi) is 7.62. The molecule has 0 heterocycles. The molecule has 0 spiro atoms. The summed E-state index contributed by atoms with van der Waals surface area (Å²) in [5.41, 5.74) is 1.16. The number of ether oxygens (including phenoxy) is 1. The minimum atomic E-state index is -4.24. The van der Waals surface area contributed by atoms with Crippen molar-refractivity contribution in [2.45, 2.75) is 38.4 Å². The zero-order valence-electron chi connectivity index (χ0n) is 11.7. The molecule has 1 rings (SSSR count). The second-order valence-electron chi connectivity index (χ2n) is 4.73. The van der Waals surface area contributed by atoms with E-state index in [0.717, 1.165) is 24.9 Å². The van der Waals surface area contributed by atoms with Crippen LogP contribution in [-0.4, -0.2) is 25.9 Å². The van der Waals surface area contributed by atoms with Gasteiger partial charge in [-0.3, -0.25) is 0 Å². The molecule has 0 fully saturated rings. The number of hydrogen-bond donors (Lipinski definition) is 1. The molecule has 2 nitrogen and oxygen atoms in total. The van der Waals surface area contributed by atoms with E-state index in [1.165, 1.54) is 0 Å². The van der Waals surface area contributed by atoms with Gasteiger partial charge in [-0.15, -0.1) is 0 Å². The summed E-state index contributed by atoms with van der Waals surface area (Å²) in [6, 6.07) is 10.1. The first-order valence-electron chi connectivity index (χ1n) is 6.95. The lowest BCUT2D eigenvalue weighted by molar-refractivity contribution is -0.174. The van der Waals surface area contributed by atoms with E-state index in [1.54, 1.807) is 0 Å². The maximum atomic E-state index is 11.9. The van der Waals surface area contributed by atoms with Gasteiger partial charge in [-0.05, 0) is 31.4 Å². The maximum Gasteiger partial charge on any atom is 0.411 e. The molecule has 20 heavy (non-hydrogen) atoms. The number of hydrogen-bond acceptors (Lipinski definition) is 2. The summed E-state index contributed by atoms with van der Waals surface area (Å²) in [6.07, 6.45) is -1.85. The molecule has 1 N–H and O–H groups in total. The fraction of sp³-hybridized carbons (Fsp3) is 0.600. The highest BCUT2D eigenvalue weighted by atomic mass is 19.4. The number of alkyl halides is 3. The molecule has 5 heteroatoms. The van der Waals surface area contributed by atoms with Crippen molar-refractivity contribution in [2.24, 2.45) is 0 Å². The zero-order valence-corrected chi connectivity index (χ0v) is 11.7. The standard InChI is InChI=1S/C15H22F3NO/c1-2-10-19-14(13-7-4-3-5-8-13)9-6-11-20-12-15(16,17)18/h3-5,7-8,14,19H,2,6,9-12H2,1H3. The van der Waals surface area contributed by atoms with Crippen LogP contribution in [-0.2, 0) is 4.74 Å². The molecule has 0 aliphatic heterocycles. The first-order valence-corrected chi connectivity index (χ1v) is 6.95. The third-order valence-electron chi connectivity index (χ3n) is 2.89. The quantitative estimate of drug-likeness (QED) is 0.691. The fourth-order valence-corrected chi connectivity index (χ4v) is 1.97. The van der Waals surface area contributed by atoms with Crippen molar-refractivity contribution in [2.75, 3.05) is 19.8 Å². The first kappa shape index (κ1) is 17.0. The van der Waals surface area contributed by atoms with E-state index < -0.39 is 12.8 Å². The third kappa shape index (κ3) is 7.50. The fourth-order valence-electron chi connectivity index (χ4n) is 1.97. The van der Waals surface area contributed by atoms with Gasteiger partial charge in [-0.2, -0.15) is 13.2 Å². The Morgan fingerprint density at radius 3 is 2.50 bits per heavy atom. The van der Waals surface area contributed by atoms with E-state index >= 15 is 0 Å². The van der Waals surface area contributed by atoms with E-state index in [4.69, 9.17) is 0 Å². The van der Waals surface area contributed by atoms with E-state index in [1.807, 2.05) is 30.3 Å². The minimum Gasteiger partial charge on any atom is -0.372 e. The molecular formula is C15H22F3NO. The van der Waals surface area contributed by atoms with Crippen LogP contribution in [0.1, 0.15) is 37.8 Å². The lowest BCUT2D eigenvalue weighted by Gasteiger charge is -2.19. The SMILES string of the molecule is CCCNC(CCCOCC(F)(F)F)c1ccccc1. The van der Waals surface area contributed by atoms with Gasteiger partial charge in [0.2, 0.25) is 0 Å². The van der Waals surface area contributed by atoms with Gasteiger partial charge in [0.1, 0.15) is 6.61 Å². The lowest BCUT2D eigenvalue weighted by atomic mass is 10.0. The largest absolute Gasteiger partial charge is 0.411 e. The summed E-state index contributed by atoms with van der Waals surface area (Å²) in [6.45, 7) is 1.95. The lowest BCUT2D eigenvalue weighted by Crippen LogP contribution is -2.23. The van der Waals surface area contributed by atoms with Crippen molar-refractivity contribution >= 4 is 0 Å². The van der Waals surface area contributed by atoms with Crippen LogP contribution >= 0.6 is 0 Å². The summed E-state index contributed by atoms with van der Waals surface area (Å²) in [4.78, 5) is 0. The van der Waals surface area contributed by atoms with Crippen LogP contribution in [0.4, 0.5) is 13.2 Å². The average molecular weight is 289 g/mol. The second-order valence-corrected chi connectivity index (χ2v) is 4.73. The molecule has 1 unspecified atom stereocenters. The van der Waals surface area contributed by atoms with Gasteiger partial charge >= 0.3 is 6.18 Å². The number of nitrogens with one attached hydrogen (secondary N) is 1.